The summed E-state index contributed by atoms with van der Waals surface area (Å²) >= 11 is 1.61. The standard InChI is InChI=1S/C24H20N2O2S/c1-16-4-3-5-22(14-16)28-21-12-10-20(11-13-21)26-24(27)19-8-6-18(7-9-19)23-15-29-17(2)25-23/h3-15H,1-2H3,(H,26,27). The van der Waals surface area contributed by atoms with Crippen LogP contribution in [0.1, 0.15) is 20.9 Å². The highest BCUT2D eigenvalue weighted by Gasteiger charge is 2.08. The number of amides is 1. The third-order valence-electron chi connectivity index (χ3n) is 4.40. The average Bonchev–Trinajstić information content (AvgIpc) is 3.16. The Morgan fingerprint density at radius 2 is 1.69 bits per heavy atom. The van der Waals surface area contributed by atoms with Crippen LogP contribution in [0.15, 0.2) is 78.2 Å². The van der Waals surface area contributed by atoms with E-state index in [0.717, 1.165) is 33.3 Å². The zero-order valence-corrected chi connectivity index (χ0v) is 17.0. The second-order valence-corrected chi connectivity index (χ2v) is 7.79. The van der Waals surface area contributed by atoms with E-state index >= 15 is 0 Å². The van der Waals surface area contributed by atoms with Crippen LogP contribution < -0.4 is 10.1 Å². The molecule has 0 saturated carbocycles. The molecule has 4 nitrogen and oxygen atoms in total. The Morgan fingerprint density at radius 1 is 0.931 bits per heavy atom. The maximum atomic E-state index is 12.5. The largest absolute Gasteiger partial charge is 0.457 e. The molecule has 1 amide bonds. The van der Waals surface area contributed by atoms with E-state index in [1.807, 2.05) is 92.0 Å². The van der Waals surface area contributed by atoms with Gasteiger partial charge in [-0.05, 0) is 67.9 Å². The van der Waals surface area contributed by atoms with Gasteiger partial charge in [-0.3, -0.25) is 4.79 Å². The molecular weight excluding hydrogens is 380 g/mol. The molecule has 0 aliphatic carbocycles. The monoisotopic (exact) mass is 400 g/mol. The fourth-order valence-electron chi connectivity index (χ4n) is 2.91. The number of nitrogens with one attached hydrogen (secondary N) is 1. The minimum Gasteiger partial charge on any atom is -0.457 e. The second kappa shape index (κ2) is 8.29. The number of carbonyl (C=O) groups is 1. The zero-order valence-electron chi connectivity index (χ0n) is 16.2. The van der Waals surface area contributed by atoms with Crippen molar-refractivity contribution in [1.29, 1.82) is 0 Å². The Balaban J connectivity index is 1.40. The number of aromatic nitrogens is 1. The van der Waals surface area contributed by atoms with Crippen LogP contribution in [-0.2, 0) is 0 Å². The molecule has 1 heterocycles. The summed E-state index contributed by atoms with van der Waals surface area (Å²) in [6.45, 7) is 4.00. The lowest BCUT2D eigenvalue weighted by Gasteiger charge is -2.09. The molecule has 0 aliphatic rings. The molecule has 4 rings (SSSR count). The van der Waals surface area contributed by atoms with Crippen LogP contribution in [0, 0.1) is 13.8 Å². The first kappa shape index (κ1) is 18.9. The molecule has 0 fully saturated rings. The molecule has 5 heteroatoms. The summed E-state index contributed by atoms with van der Waals surface area (Å²) in [5.74, 6) is 1.35. The van der Waals surface area contributed by atoms with Gasteiger partial charge in [-0.25, -0.2) is 4.98 Å². The van der Waals surface area contributed by atoms with E-state index < -0.39 is 0 Å². The molecule has 0 atom stereocenters. The Hall–Kier alpha value is -3.44. The number of ether oxygens (including phenoxy) is 1. The van der Waals surface area contributed by atoms with Gasteiger partial charge in [0.1, 0.15) is 11.5 Å². The maximum absolute atomic E-state index is 12.5. The first-order valence-electron chi connectivity index (χ1n) is 9.25. The third kappa shape index (κ3) is 4.70. The topological polar surface area (TPSA) is 51.2 Å². The first-order valence-corrected chi connectivity index (χ1v) is 10.1. The van der Waals surface area contributed by atoms with E-state index in [9.17, 15) is 4.79 Å². The van der Waals surface area contributed by atoms with Crippen LogP contribution >= 0.6 is 11.3 Å². The summed E-state index contributed by atoms with van der Waals surface area (Å²) in [5.41, 5.74) is 4.39. The van der Waals surface area contributed by atoms with Gasteiger partial charge in [0.25, 0.3) is 5.91 Å². The van der Waals surface area contributed by atoms with Crippen molar-refractivity contribution in [2.24, 2.45) is 0 Å². The van der Waals surface area contributed by atoms with Gasteiger partial charge in [0, 0.05) is 22.2 Å². The summed E-state index contributed by atoms with van der Waals surface area (Å²) in [5, 5.41) is 5.96. The average molecular weight is 401 g/mol. The van der Waals surface area contributed by atoms with Gasteiger partial charge < -0.3 is 10.1 Å². The van der Waals surface area contributed by atoms with Gasteiger partial charge in [-0.15, -0.1) is 11.3 Å². The molecule has 29 heavy (non-hydrogen) atoms. The van der Waals surface area contributed by atoms with E-state index in [4.69, 9.17) is 4.74 Å². The number of nitrogens with zero attached hydrogens (tertiary/aromatic N) is 1. The van der Waals surface area contributed by atoms with Crippen molar-refractivity contribution in [3.8, 4) is 22.8 Å². The highest BCUT2D eigenvalue weighted by Crippen LogP contribution is 2.25. The second-order valence-electron chi connectivity index (χ2n) is 6.73. The number of hydrogen-bond acceptors (Lipinski definition) is 4. The lowest BCUT2D eigenvalue weighted by Crippen LogP contribution is -2.11. The van der Waals surface area contributed by atoms with Crippen LogP contribution in [0.3, 0.4) is 0 Å². The highest BCUT2D eigenvalue weighted by molar-refractivity contribution is 7.09. The Kier molecular flexibility index (Phi) is 5.40. The predicted octanol–water partition coefficient (Wildman–Crippen LogP) is 6.47. The van der Waals surface area contributed by atoms with Crippen LogP contribution in [-0.4, -0.2) is 10.9 Å². The summed E-state index contributed by atoms with van der Waals surface area (Å²) in [6, 6.07) is 22.7. The summed E-state index contributed by atoms with van der Waals surface area (Å²) in [4.78, 5) is 17.0. The van der Waals surface area contributed by atoms with Crippen molar-refractivity contribution in [3.05, 3.63) is 94.3 Å². The molecule has 0 bridgehead atoms. The van der Waals surface area contributed by atoms with E-state index in [1.54, 1.807) is 11.3 Å². The van der Waals surface area contributed by atoms with Gasteiger partial charge in [0.05, 0.1) is 10.7 Å². The van der Waals surface area contributed by atoms with Crippen molar-refractivity contribution in [3.63, 3.8) is 0 Å². The number of aryl methyl sites for hydroxylation is 2. The minimum atomic E-state index is -0.154. The number of thiazole rings is 1. The fraction of sp³-hybridized carbons (Fsp3) is 0.0833. The Bertz CT molecular complexity index is 1130. The third-order valence-corrected chi connectivity index (χ3v) is 5.17. The van der Waals surface area contributed by atoms with E-state index in [-0.39, 0.29) is 5.91 Å². The van der Waals surface area contributed by atoms with Crippen LogP contribution in [0.4, 0.5) is 5.69 Å². The van der Waals surface area contributed by atoms with E-state index in [0.29, 0.717) is 11.3 Å². The van der Waals surface area contributed by atoms with Crippen molar-refractivity contribution in [2.45, 2.75) is 13.8 Å². The molecule has 3 aromatic carbocycles. The molecular formula is C24H20N2O2S. The number of anilines is 1. The fourth-order valence-corrected chi connectivity index (χ4v) is 3.53. The molecule has 0 aliphatic heterocycles. The summed E-state index contributed by atoms with van der Waals surface area (Å²) in [7, 11) is 0. The van der Waals surface area contributed by atoms with Gasteiger partial charge in [0.2, 0.25) is 0 Å². The minimum absolute atomic E-state index is 0.154. The maximum Gasteiger partial charge on any atom is 0.255 e. The SMILES string of the molecule is Cc1cccc(Oc2ccc(NC(=O)c3ccc(-c4csc(C)n4)cc3)cc2)c1. The molecule has 144 valence electrons. The predicted molar refractivity (Wildman–Crippen MR) is 118 cm³/mol. The quantitative estimate of drug-likeness (QED) is 0.417. The Morgan fingerprint density at radius 3 is 2.34 bits per heavy atom. The van der Waals surface area contributed by atoms with Crippen LogP contribution in [0.2, 0.25) is 0 Å². The van der Waals surface area contributed by atoms with Gasteiger partial charge in [-0.2, -0.15) is 0 Å². The zero-order chi connectivity index (χ0) is 20.2. The molecule has 4 aromatic rings. The van der Waals surface area contributed by atoms with Crippen LogP contribution in [0.5, 0.6) is 11.5 Å². The van der Waals surface area contributed by atoms with Crippen molar-refractivity contribution >= 4 is 22.9 Å². The number of hydrogen-bond donors (Lipinski definition) is 1. The molecule has 1 aromatic heterocycles. The lowest BCUT2D eigenvalue weighted by atomic mass is 10.1. The van der Waals surface area contributed by atoms with Crippen molar-refractivity contribution in [1.82, 2.24) is 4.98 Å². The van der Waals surface area contributed by atoms with Gasteiger partial charge in [-0.1, -0.05) is 24.3 Å². The Labute approximate surface area is 173 Å². The van der Waals surface area contributed by atoms with Crippen molar-refractivity contribution < 1.29 is 9.53 Å². The van der Waals surface area contributed by atoms with E-state index in [1.165, 1.54) is 0 Å². The molecule has 0 saturated heterocycles. The molecule has 0 radical (unpaired) electrons. The van der Waals surface area contributed by atoms with Crippen LogP contribution in [0.25, 0.3) is 11.3 Å². The normalized spacial score (nSPS) is 10.6. The first-order chi connectivity index (χ1) is 14.1. The van der Waals surface area contributed by atoms with Crippen molar-refractivity contribution in [2.75, 3.05) is 5.32 Å². The van der Waals surface area contributed by atoms with E-state index in [2.05, 4.69) is 10.3 Å². The lowest BCUT2D eigenvalue weighted by molar-refractivity contribution is 0.102. The number of benzene rings is 3. The molecule has 0 unspecified atom stereocenters. The highest BCUT2D eigenvalue weighted by atomic mass is 32.1. The molecule has 0 spiro atoms. The molecule has 1 N–H and O–H groups in total. The van der Waals surface area contributed by atoms with Gasteiger partial charge >= 0.3 is 0 Å². The summed E-state index contributed by atoms with van der Waals surface area (Å²) in [6.07, 6.45) is 0. The smallest absolute Gasteiger partial charge is 0.255 e. The number of carbonyl (C=O) groups excluding carboxylic acids is 1. The van der Waals surface area contributed by atoms with Gasteiger partial charge in [0.15, 0.2) is 0 Å². The number of rotatable bonds is 5. The summed E-state index contributed by atoms with van der Waals surface area (Å²) < 4.78 is 5.84.